The van der Waals surface area contributed by atoms with Gasteiger partial charge in [-0.3, -0.25) is 4.79 Å². The molecule has 1 saturated heterocycles. The van der Waals surface area contributed by atoms with Crippen LogP contribution in [0.4, 0.5) is 0 Å². The Hall–Kier alpha value is -1.43. The molecule has 5 nitrogen and oxygen atoms in total. The van der Waals surface area contributed by atoms with Gasteiger partial charge in [0.15, 0.2) is 0 Å². The summed E-state index contributed by atoms with van der Waals surface area (Å²) in [5.41, 5.74) is 0.159. The van der Waals surface area contributed by atoms with Crippen molar-refractivity contribution in [3.63, 3.8) is 0 Å². The molecule has 19 heavy (non-hydrogen) atoms. The minimum atomic E-state index is -1.00. The van der Waals surface area contributed by atoms with Crippen molar-refractivity contribution >= 4 is 23.6 Å². The number of aromatic carboxylic acids is 1. The maximum atomic E-state index is 12.2. The van der Waals surface area contributed by atoms with E-state index >= 15 is 0 Å². The van der Waals surface area contributed by atoms with E-state index in [0.717, 1.165) is 25.3 Å². The SMILES string of the molecule is CCC1CN(C(=O)Cn2cccc2C(=O)O)CCS1. The number of carbonyl (C=O) groups is 2. The third-order valence-corrected chi connectivity index (χ3v) is 4.67. The number of thioether (sulfide) groups is 1. The highest BCUT2D eigenvalue weighted by atomic mass is 32.2. The van der Waals surface area contributed by atoms with Crippen LogP contribution in [0.15, 0.2) is 18.3 Å². The summed E-state index contributed by atoms with van der Waals surface area (Å²) in [7, 11) is 0. The maximum absolute atomic E-state index is 12.2. The Balaban J connectivity index is 2.00. The van der Waals surface area contributed by atoms with E-state index in [4.69, 9.17) is 5.11 Å². The van der Waals surface area contributed by atoms with Gasteiger partial charge in [0.1, 0.15) is 12.2 Å². The number of rotatable bonds is 4. The van der Waals surface area contributed by atoms with Crippen LogP contribution < -0.4 is 0 Å². The number of hydrogen-bond acceptors (Lipinski definition) is 3. The van der Waals surface area contributed by atoms with Crippen LogP contribution in [-0.2, 0) is 11.3 Å². The molecule has 1 aliphatic heterocycles. The van der Waals surface area contributed by atoms with Gasteiger partial charge in [0.05, 0.1) is 0 Å². The van der Waals surface area contributed by atoms with Crippen molar-refractivity contribution in [2.75, 3.05) is 18.8 Å². The number of nitrogens with zero attached hydrogens (tertiary/aromatic N) is 2. The molecule has 0 radical (unpaired) electrons. The van der Waals surface area contributed by atoms with Crippen molar-refractivity contribution in [1.82, 2.24) is 9.47 Å². The van der Waals surface area contributed by atoms with E-state index in [1.807, 2.05) is 16.7 Å². The van der Waals surface area contributed by atoms with E-state index < -0.39 is 5.97 Å². The van der Waals surface area contributed by atoms with Crippen LogP contribution in [-0.4, -0.2) is 50.5 Å². The van der Waals surface area contributed by atoms with E-state index in [1.165, 1.54) is 10.6 Å². The predicted molar refractivity (Wildman–Crippen MR) is 74.5 cm³/mol. The van der Waals surface area contributed by atoms with E-state index in [-0.39, 0.29) is 18.1 Å². The molecule has 6 heteroatoms. The zero-order chi connectivity index (χ0) is 13.8. The molecule has 1 amide bonds. The summed E-state index contributed by atoms with van der Waals surface area (Å²) < 4.78 is 1.49. The molecule has 1 unspecified atom stereocenters. The fraction of sp³-hybridized carbons (Fsp3) is 0.538. The second-order valence-corrected chi connectivity index (χ2v) is 5.98. The summed E-state index contributed by atoms with van der Waals surface area (Å²) >= 11 is 1.91. The van der Waals surface area contributed by atoms with Crippen molar-refractivity contribution in [3.05, 3.63) is 24.0 Å². The summed E-state index contributed by atoms with van der Waals surface area (Å²) in [5.74, 6) is -0.0438. The largest absolute Gasteiger partial charge is 0.477 e. The van der Waals surface area contributed by atoms with Crippen molar-refractivity contribution in [1.29, 1.82) is 0 Å². The summed E-state index contributed by atoms with van der Waals surface area (Å²) in [6.07, 6.45) is 2.69. The zero-order valence-corrected chi connectivity index (χ0v) is 11.7. The van der Waals surface area contributed by atoms with E-state index in [0.29, 0.717) is 5.25 Å². The second kappa shape index (κ2) is 6.14. The molecule has 1 N–H and O–H groups in total. The lowest BCUT2D eigenvalue weighted by Gasteiger charge is -2.32. The van der Waals surface area contributed by atoms with Crippen LogP contribution in [0.2, 0.25) is 0 Å². The molecule has 1 atom stereocenters. The van der Waals surface area contributed by atoms with Gasteiger partial charge in [-0.1, -0.05) is 6.92 Å². The molecule has 1 aromatic rings. The van der Waals surface area contributed by atoms with Crippen molar-refractivity contribution < 1.29 is 14.7 Å². The van der Waals surface area contributed by atoms with Crippen molar-refractivity contribution in [2.24, 2.45) is 0 Å². The lowest BCUT2D eigenvalue weighted by atomic mass is 10.3. The number of hydrogen-bond donors (Lipinski definition) is 1. The molecule has 0 spiro atoms. The van der Waals surface area contributed by atoms with Crippen LogP contribution in [0.3, 0.4) is 0 Å². The topological polar surface area (TPSA) is 62.5 Å². The maximum Gasteiger partial charge on any atom is 0.352 e. The smallest absolute Gasteiger partial charge is 0.352 e. The summed E-state index contributed by atoms with van der Waals surface area (Å²) in [4.78, 5) is 25.0. The minimum Gasteiger partial charge on any atom is -0.477 e. The first-order valence-electron chi connectivity index (χ1n) is 6.39. The quantitative estimate of drug-likeness (QED) is 0.910. The van der Waals surface area contributed by atoms with E-state index in [2.05, 4.69) is 6.92 Å². The minimum absolute atomic E-state index is 0.00236. The monoisotopic (exact) mass is 282 g/mol. The lowest BCUT2D eigenvalue weighted by Crippen LogP contribution is -2.43. The third kappa shape index (κ3) is 3.32. The molecule has 2 rings (SSSR count). The Labute approximate surface area is 116 Å². The highest BCUT2D eigenvalue weighted by molar-refractivity contribution is 8.00. The molecule has 1 fully saturated rings. The van der Waals surface area contributed by atoms with Gasteiger partial charge in [-0.25, -0.2) is 4.79 Å². The van der Waals surface area contributed by atoms with Crippen molar-refractivity contribution in [3.8, 4) is 0 Å². The summed E-state index contributed by atoms with van der Waals surface area (Å²) in [5, 5.41) is 9.51. The fourth-order valence-corrected chi connectivity index (χ4v) is 3.36. The van der Waals surface area contributed by atoms with Gasteiger partial charge >= 0.3 is 5.97 Å². The first-order chi connectivity index (χ1) is 9.11. The van der Waals surface area contributed by atoms with E-state index in [1.54, 1.807) is 12.3 Å². The Kier molecular flexibility index (Phi) is 4.52. The molecule has 104 valence electrons. The van der Waals surface area contributed by atoms with Gasteiger partial charge in [0.2, 0.25) is 5.91 Å². The van der Waals surface area contributed by atoms with E-state index in [9.17, 15) is 9.59 Å². The predicted octanol–water partition coefficient (Wildman–Crippen LogP) is 1.54. The van der Waals surface area contributed by atoms with Crippen molar-refractivity contribution in [2.45, 2.75) is 25.1 Å². The van der Waals surface area contributed by atoms with Crippen LogP contribution >= 0.6 is 11.8 Å². The van der Waals surface area contributed by atoms with Gasteiger partial charge in [-0.15, -0.1) is 0 Å². The second-order valence-electron chi connectivity index (χ2n) is 4.57. The number of carboxylic acids is 1. The standard InChI is InChI=1S/C13H18N2O3S/c1-2-10-8-15(6-7-19-10)12(16)9-14-5-3-4-11(14)13(17)18/h3-5,10H,2,6-9H2,1H3,(H,17,18). The Bertz CT molecular complexity index is 472. The lowest BCUT2D eigenvalue weighted by molar-refractivity contribution is -0.131. The van der Waals surface area contributed by atoms with Gasteiger partial charge in [-0.05, 0) is 18.6 Å². The molecule has 1 aliphatic rings. The molecule has 0 aromatic carbocycles. The first kappa shape index (κ1) is 14.0. The van der Waals surface area contributed by atoms with Crippen LogP contribution in [0.25, 0.3) is 0 Å². The Morgan fingerprint density at radius 2 is 2.32 bits per heavy atom. The number of carboxylic acid groups (broad SMARTS) is 1. The summed E-state index contributed by atoms with van der Waals surface area (Å²) in [6.45, 7) is 3.75. The normalized spacial score (nSPS) is 19.4. The molecule has 0 bridgehead atoms. The first-order valence-corrected chi connectivity index (χ1v) is 7.44. The Morgan fingerprint density at radius 3 is 3.00 bits per heavy atom. The highest BCUT2D eigenvalue weighted by Crippen LogP contribution is 2.21. The highest BCUT2D eigenvalue weighted by Gasteiger charge is 2.23. The fourth-order valence-electron chi connectivity index (χ4n) is 2.18. The Morgan fingerprint density at radius 1 is 1.53 bits per heavy atom. The van der Waals surface area contributed by atoms with Gasteiger partial charge in [0, 0.05) is 30.3 Å². The number of aromatic nitrogens is 1. The molecule has 0 saturated carbocycles. The van der Waals surface area contributed by atoms with Gasteiger partial charge < -0.3 is 14.6 Å². The average Bonchev–Trinajstić information content (AvgIpc) is 2.87. The third-order valence-electron chi connectivity index (χ3n) is 3.30. The van der Waals surface area contributed by atoms with Crippen LogP contribution in [0, 0.1) is 0 Å². The van der Waals surface area contributed by atoms with Gasteiger partial charge in [0.25, 0.3) is 0 Å². The summed E-state index contributed by atoms with van der Waals surface area (Å²) in [6, 6.07) is 3.16. The molecule has 2 heterocycles. The number of carbonyl (C=O) groups excluding carboxylic acids is 1. The molecular weight excluding hydrogens is 264 g/mol. The zero-order valence-electron chi connectivity index (χ0n) is 10.9. The van der Waals surface area contributed by atoms with Crippen LogP contribution in [0.1, 0.15) is 23.8 Å². The number of amides is 1. The molecule has 0 aliphatic carbocycles. The van der Waals surface area contributed by atoms with Crippen LogP contribution in [0.5, 0.6) is 0 Å². The molecule has 1 aromatic heterocycles. The molecular formula is C13H18N2O3S. The van der Waals surface area contributed by atoms with Gasteiger partial charge in [-0.2, -0.15) is 11.8 Å². The average molecular weight is 282 g/mol.